The summed E-state index contributed by atoms with van der Waals surface area (Å²) in [4.78, 5) is 20.8. The first-order valence-electron chi connectivity index (χ1n) is 10.6. The lowest BCUT2D eigenvalue weighted by molar-refractivity contribution is 0.0827. The normalized spacial score (nSPS) is 15.8. The zero-order valence-electron chi connectivity index (χ0n) is 17.8. The van der Waals surface area contributed by atoms with Crippen LogP contribution in [0.3, 0.4) is 0 Å². The second-order valence-corrected chi connectivity index (χ2v) is 7.63. The number of guanidine groups is 1. The number of nitrogens with zero attached hydrogens (tertiary/aromatic N) is 3. The lowest BCUT2D eigenvalue weighted by Crippen LogP contribution is -2.39. The van der Waals surface area contributed by atoms with Crippen LogP contribution in [0.1, 0.15) is 54.9 Å². The molecule has 156 valence electrons. The van der Waals surface area contributed by atoms with Crippen LogP contribution in [0.15, 0.2) is 29.3 Å². The average Bonchev–Trinajstić information content (AvgIpc) is 2.98. The Morgan fingerprint density at radius 3 is 2.36 bits per heavy atom. The molecule has 0 unspecified atom stereocenters. The summed E-state index contributed by atoms with van der Waals surface area (Å²) in [5, 5.41) is 6.75. The first kappa shape index (κ1) is 22.2. The largest absolute Gasteiger partial charge is 0.357 e. The summed E-state index contributed by atoms with van der Waals surface area (Å²) < 4.78 is 0. The first-order chi connectivity index (χ1) is 13.6. The molecule has 0 saturated carbocycles. The zero-order chi connectivity index (χ0) is 20.2. The molecular formula is C22H37N5O. The summed E-state index contributed by atoms with van der Waals surface area (Å²) in [5.74, 6) is 0.876. The molecule has 2 N–H and O–H groups in total. The van der Waals surface area contributed by atoms with E-state index in [0.717, 1.165) is 37.6 Å². The molecule has 1 saturated heterocycles. The van der Waals surface area contributed by atoms with E-state index in [1.165, 1.54) is 38.8 Å². The Morgan fingerprint density at radius 2 is 1.75 bits per heavy atom. The van der Waals surface area contributed by atoms with Gasteiger partial charge in [-0.3, -0.25) is 4.79 Å². The summed E-state index contributed by atoms with van der Waals surface area (Å²) >= 11 is 0. The molecule has 1 aliphatic heterocycles. The minimum absolute atomic E-state index is 0.0227. The number of rotatable bonds is 8. The maximum Gasteiger partial charge on any atom is 0.253 e. The van der Waals surface area contributed by atoms with Gasteiger partial charge in [0, 0.05) is 32.7 Å². The molecule has 0 spiro atoms. The molecule has 1 aliphatic rings. The molecule has 1 amide bonds. The highest BCUT2D eigenvalue weighted by Gasteiger charge is 2.09. The lowest BCUT2D eigenvalue weighted by atomic mass is 10.1. The van der Waals surface area contributed by atoms with Gasteiger partial charge in [0.1, 0.15) is 0 Å². The molecule has 1 aromatic rings. The summed E-state index contributed by atoms with van der Waals surface area (Å²) in [7, 11) is 3.53. The van der Waals surface area contributed by atoms with Gasteiger partial charge in [-0.1, -0.05) is 25.0 Å². The second-order valence-electron chi connectivity index (χ2n) is 7.63. The van der Waals surface area contributed by atoms with E-state index in [0.29, 0.717) is 12.1 Å². The zero-order valence-corrected chi connectivity index (χ0v) is 17.8. The van der Waals surface area contributed by atoms with Crippen LogP contribution in [0.5, 0.6) is 0 Å². The molecule has 2 rings (SSSR count). The third kappa shape index (κ3) is 7.89. The molecule has 28 heavy (non-hydrogen) atoms. The molecule has 0 radical (unpaired) electrons. The van der Waals surface area contributed by atoms with Crippen molar-refractivity contribution in [2.45, 2.75) is 45.6 Å². The highest BCUT2D eigenvalue weighted by atomic mass is 16.2. The molecule has 0 bridgehead atoms. The fourth-order valence-electron chi connectivity index (χ4n) is 3.39. The minimum atomic E-state index is 0.0227. The predicted molar refractivity (Wildman–Crippen MR) is 117 cm³/mol. The van der Waals surface area contributed by atoms with Gasteiger partial charge >= 0.3 is 0 Å². The Morgan fingerprint density at radius 1 is 1.07 bits per heavy atom. The molecule has 0 aromatic heterocycles. The van der Waals surface area contributed by atoms with Gasteiger partial charge in [-0.25, -0.2) is 4.99 Å². The highest BCUT2D eigenvalue weighted by molar-refractivity contribution is 5.93. The SMILES string of the molecule is CCNC(=NCc1ccc(C(=O)N(C)C)cc1)NCCCN1CCCCCC1. The number of hydrogen-bond acceptors (Lipinski definition) is 3. The van der Waals surface area contributed by atoms with Gasteiger partial charge in [-0.05, 0) is 63.5 Å². The molecular weight excluding hydrogens is 350 g/mol. The van der Waals surface area contributed by atoms with Crippen LogP contribution in [0.25, 0.3) is 0 Å². The summed E-state index contributed by atoms with van der Waals surface area (Å²) in [6.45, 7) is 8.11. The molecule has 0 aliphatic carbocycles. The van der Waals surface area contributed by atoms with Gasteiger partial charge in [-0.2, -0.15) is 0 Å². The number of aliphatic imine (C=N–C) groups is 1. The van der Waals surface area contributed by atoms with E-state index >= 15 is 0 Å². The quantitative estimate of drug-likeness (QED) is 0.409. The van der Waals surface area contributed by atoms with Crippen LogP contribution >= 0.6 is 0 Å². The standard InChI is InChI=1S/C22H37N5O/c1-4-23-22(24-14-9-17-27-15-7-5-6-8-16-27)25-18-19-10-12-20(13-11-19)21(28)26(2)3/h10-13H,4-9,14-18H2,1-3H3,(H2,23,24,25). The van der Waals surface area contributed by atoms with Crippen molar-refractivity contribution in [3.05, 3.63) is 35.4 Å². The van der Waals surface area contributed by atoms with Gasteiger partial charge in [0.05, 0.1) is 6.54 Å². The molecule has 1 aromatic carbocycles. The van der Waals surface area contributed by atoms with E-state index < -0.39 is 0 Å². The van der Waals surface area contributed by atoms with Gasteiger partial charge in [-0.15, -0.1) is 0 Å². The van der Waals surface area contributed by atoms with Gasteiger partial charge in [0.25, 0.3) is 5.91 Å². The number of carbonyl (C=O) groups is 1. The van der Waals surface area contributed by atoms with Crippen molar-refractivity contribution in [1.29, 1.82) is 0 Å². The van der Waals surface area contributed by atoms with E-state index in [1.807, 2.05) is 24.3 Å². The Labute approximate surface area is 170 Å². The van der Waals surface area contributed by atoms with Crippen LogP contribution in [0.2, 0.25) is 0 Å². The minimum Gasteiger partial charge on any atom is -0.357 e. The Kier molecular flexibility index (Phi) is 9.83. The van der Waals surface area contributed by atoms with Crippen LogP contribution in [-0.4, -0.2) is 68.5 Å². The van der Waals surface area contributed by atoms with Crippen molar-refractivity contribution < 1.29 is 4.79 Å². The number of nitrogens with one attached hydrogen (secondary N) is 2. The van der Waals surface area contributed by atoms with E-state index in [-0.39, 0.29) is 5.91 Å². The molecule has 6 nitrogen and oxygen atoms in total. The third-order valence-corrected chi connectivity index (χ3v) is 5.01. The monoisotopic (exact) mass is 387 g/mol. The van der Waals surface area contributed by atoms with Crippen LogP contribution in [0.4, 0.5) is 0 Å². The van der Waals surface area contributed by atoms with E-state index in [9.17, 15) is 4.79 Å². The average molecular weight is 388 g/mol. The van der Waals surface area contributed by atoms with Gasteiger partial charge in [0.2, 0.25) is 0 Å². The predicted octanol–water partition coefficient (Wildman–Crippen LogP) is 2.71. The maximum absolute atomic E-state index is 12.0. The molecule has 1 heterocycles. The van der Waals surface area contributed by atoms with Crippen molar-refractivity contribution in [1.82, 2.24) is 20.4 Å². The van der Waals surface area contributed by atoms with Crippen molar-refractivity contribution >= 4 is 11.9 Å². The molecule has 6 heteroatoms. The summed E-state index contributed by atoms with van der Waals surface area (Å²) in [6.07, 6.45) is 6.59. The fraction of sp³-hybridized carbons (Fsp3) is 0.636. The van der Waals surface area contributed by atoms with Crippen LogP contribution in [0, 0.1) is 0 Å². The highest BCUT2D eigenvalue weighted by Crippen LogP contribution is 2.10. The molecule has 0 atom stereocenters. The topological polar surface area (TPSA) is 60.0 Å². The number of carbonyl (C=O) groups excluding carboxylic acids is 1. The van der Waals surface area contributed by atoms with Crippen molar-refractivity contribution in [2.24, 2.45) is 4.99 Å². The maximum atomic E-state index is 12.0. The Bertz CT molecular complexity index is 604. The molecule has 1 fully saturated rings. The first-order valence-corrected chi connectivity index (χ1v) is 10.6. The third-order valence-electron chi connectivity index (χ3n) is 5.01. The van der Waals surface area contributed by atoms with Gasteiger partial charge < -0.3 is 20.4 Å². The second kappa shape index (κ2) is 12.4. The Balaban J connectivity index is 1.78. The van der Waals surface area contributed by atoms with Crippen LogP contribution < -0.4 is 10.6 Å². The van der Waals surface area contributed by atoms with Gasteiger partial charge in [0.15, 0.2) is 5.96 Å². The number of amides is 1. The lowest BCUT2D eigenvalue weighted by Gasteiger charge is -2.20. The number of benzene rings is 1. The fourth-order valence-corrected chi connectivity index (χ4v) is 3.39. The Hall–Kier alpha value is -2.08. The van der Waals surface area contributed by atoms with Crippen molar-refractivity contribution in [3.63, 3.8) is 0 Å². The summed E-state index contributed by atoms with van der Waals surface area (Å²) in [5.41, 5.74) is 1.80. The van der Waals surface area contributed by atoms with Crippen LogP contribution in [-0.2, 0) is 6.54 Å². The van der Waals surface area contributed by atoms with E-state index in [2.05, 4.69) is 27.4 Å². The van der Waals surface area contributed by atoms with Crippen molar-refractivity contribution in [2.75, 3.05) is 46.8 Å². The smallest absolute Gasteiger partial charge is 0.253 e. The number of hydrogen-bond donors (Lipinski definition) is 2. The van der Waals surface area contributed by atoms with E-state index in [4.69, 9.17) is 0 Å². The number of likely N-dealkylation sites (tertiary alicyclic amines) is 1. The summed E-state index contributed by atoms with van der Waals surface area (Å²) in [6, 6.07) is 7.69. The van der Waals surface area contributed by atoms with Crippen molar-refractivity contribution in [3.8, 4) is 0 Å². The van der Waals surface area contributed by atoms with E-state index in [1.54, 1.807) is 19.0 Å².